The first-order valence-electron chi connectivity index (χ1n) is 9.08. The van der Waals surface area contributed by atoms with Crippen LogP contribution in [0.25, 0.3) is 0 Å². The normalized spacial score (nSPS) is 11.1. The lowest BCUT2D eigenvalue weighted by atomic mass is 10.2. The van der Waals surface area contributed by atoms with Crippen LogP contribution < -0.4 is 10.6 Å². The van der Waals surface area contributed by atoms with Crippen LogP contribution in [0.1, 0.15) is 25.3 Å². The fourth-order valence-electron chi connectivity index (χ4n) is 2.04. The average Bonchev–Trinajstić information content (AvgIpc) is 2.65. The Kier molecular flexibility index (Phi) is 18.2. The van der Waals surface area contributed by atoms with Gasteiger partial charge in [0.1, 0.15) is 0 Å². The van der Waals surface area contributed by atoms with Crippen molar-refractivity contribution in [1.82, 2.24) is 10.6 Å². The second kappa shape index (κ2) is 18.9. The second-order valence-corrected chi connectivity index (χ2v) is 5.54. The number of hydrogen-bond acceptors (Lipinski definition) is 4. The number of benzene rings is 1. The molecule has 0 radical (unpaired) electrons. The van der Waals surface area contributed by atoms with Gasteiger partial charge < -0.3 is 24.8 Å². The van der Waals surface area contributed by atoms with Gasteiger partial charge in [-0.25, -0.2) is 0 Å². The van der Waals surface area contributed by atoms with Crippen LogP contribution in [0.15, 0.2) is 35.3 Å². The Balaban J connectivity index is 0.00000625. The van der Waals surface area contributed by atoms with Crippen LogP contribution in [0.5, 0.6) is 0 Å². The highest BCUT2D eigenvalue weighted by molar-refractivity contribution is 14.0. The van der Waals surface area contributed by atoms with E-state index in [0.717, 1.165) is 25.4 Å². The zero-order valence-corrected chi connectivity index (χ0v) is 18.4. The van der Waals surface area contributed by atoms with Crippen LogP contribution in [0.3, 0.4) is 0 Å². The average molecular weight is 479 g/mol. The topological polar surface area (TPSA) is 64.1 Å². The van der Waals surface area contributed by atoms with Gasteiger partial charge in [0.05, 0.1) is 33.0 Å². The molecule has 0 fully saturated rings. The number of ether oxygens (including phenoxy) is 3. The highest BCUT2D eigenvalue weighted by Crippen LogP contribution is 1.99. The van der Waals surface area contributed by atoms with E-state index in [0.29, 0.717) is 46.1 Å². The van der Waals surface area contributed by atoms with Crippen molar-refractivity contribution in [3.63, 3.8) is 0 Å². The van der Waals surface area contributed by atoms with E-state index in [1.165, 1.54) is 5.56 Å². The SMILES string of the molecule is CCCCOCCOCCNC(=NC)NCCOCc1ccccc1.I. The molecule has 0 saturated carbocycles. The Bertz CT molecular complexity index is 447. The number of rotatable bonds is 14. The summed E-state index contributed by atoms with van der Waals surface area (Å²) < 4.78 is 16.6. The lowest BCUT2D eigenvalue weighted by molar-refractivity contribution is 0.0487. The number of aliphatic imine (C=N–C) groups is 1. The van der Waals surface area contributed by atoms with Crippen molar-refractivity contribution in [1.29, 1.82) is 0 Å². The molecule has 0 aliphatic rings. The number of halogens is 1. The Morgan fingerprint density at radius 2 is 1.50 bits per heavy atom. The fourth-order valence-corrected chi connectivity index (χ4v) is 2.04. The molecule has 150 valence electrons. The molecule has 0 saturated heterocycles. The van der Waals surface area contributed by atoms with Crippen LogP contribution in [0.4, 0.5) is 0 Å². The zero-order valence-electron chi connectivity index (χ0n) is 16.0. The Labute approximate surface area is 175 Å². The monoisotopic (exact) mass is 479 g/mol. The lowest BCUT2D eigenvalue weighted by Crippen LogP contribution is -2.40. The molecule has 7 heteroatoms. The van der Waals surface area contributed by atoms with E-state index in [1.807, 2.05) is 18.2 Å². The summed E-state index contributed by atoms with van der Waals surface area (Å²) in [5, 5.41) is 6.42. The number of guanidine groups is 1. The molecule has 2 N–H and O–H groups in total. The fraction of sp³-hybridized carbons (Fsp3) is 0.632. The van der Waals surface area contributed by atoms with Gasteiger partial charge in [-0.2, -0.15) is 0 Å². The van der Waals surface area contributed by atoms with Crippen LogP contribution in [-0.2, 0) is 20.8 Å². The summed E-state index contributed by atoms with van der Waals surface area (Å²) in [6, 6.07) is 10.2. The summed E-state index contributed by atoms with van der Waals surface area (Å²) >= 11 is 0. The maximum atomic E-state index is 5.63. The van der Waals surface area contributed by atoms with Crippen molar-refractivity contribution in [3.8, 4) is 0 Å². The Hall–Kier alpha value is -0.900. The maximum Gasteiger partial charge on any atom is 0.191 e. The van der Waals surface area contributed by atoms with Gasteiger partial charge in [-0.05, 0) is 12.0 Å². The van der Waals surface area contributed by atoms with Gasteiger partial charge in [0.2, 0.25) is 0 Å². The molecule has 1 rings (SSSR count). The predicted octanol–water partition coefficient (Wildman–Crippen LogP) is 2.82. The third kappa shape index (κ3) is 14.3. The van der Waals surface area contributed by atoms with Crippen LogP contribution >= 0.6 is 24.0 Å². The molecule has 6 nitrogen and oxygen atoms in total. The summed E-state index contributed by atoms with van der Waals surface area (Å²) in [7, 11) is 1.75. The number of nitrogens with one attached hydrogen (secondary N) is 2. The number of nitrogens with zero attached hydrogens (tertiary/aromatic N) is 1. The quantitative estimate of drug-likeness (QED) is 0.186. The molecule has 1 aromatic carbocycles. The summed E-state index contributed by atoms with van der Waals surface area (Å²) in [5.41, 5.74) is 1.18. The van der Waals surface area contributed by atoms with Crippen molar-refractivity contribution in [2.45, 2.75) is 26.4 Å². The molecule has 0 heterocycles. The lowest BCUT2D eigenvalue weighted by Gasteiger charge is -2.12. The van der Waals surface area contributed by atoms with E-state index >= 15 is 0 Å². The molecule has 0 unspecified atom stereocenters. The first-order valence-corrected chi connectivity index (χ1v) is 9.08. The van der Waals surface area contributed by atoms with Gasteiger partial charge in [0.25, 0.3) is 0 Å². The summed E-state index contributed by atoms with van der Waals surface area (Å²) in [5.74, 6) is 0.756. The van der Waals surface area contributed by atoms with Crippen LogP contribution in [-0.4, -0.2) is 59.1 Å². The minimum Gasteiger partial charge on any atom is -0.379 e. The van der Waals surface area contributed by atoms with Crippen molar-refractivity contribution in [2.75, 3.05) is 53.2 Å². The molecule has 0 bridgehead atoms. The summed E-state index contributed by atoms with van der Waals surface area (Å²) in [4.78, 5) is 4.17. The molecule has 1 aromatic rings. The number of unbranched alkanes of at least 4 members (excludes halogenated alkanes) is 1. The molecular weight excluding hydrogens is 445 g/mol. The summed E-state index contributed by atoms with van der Waals surface area (Å²) in [6.45, 7) is 7.56. The Morgan fingerprint density at radius 3 is 2.12 bits per heavy atom. The molecule has 0 aliphatic carbocycles. The molecule has 26 heavy (non-hydrogen) atoms. The van der Waals surface area contributed by atoms with E-state index in [4.69, 9.17) is 14.2 Å². The van der Waals surface area contributed by atoms with E-state index in [2.05, 4.69) is 34.7 Å². The van der Waals surface area contributed by atoms with Gasteiger partial charge >= 0.3 is 0 Å². The first kappa shape index (κ1) is 25.1. The number of hydrogen-bond donors (Lipinski definition) is 2. The largest absolute Gasteiger partial charge is 0.379 e. The van der Waals surface area contributed by atoms with Crippen molar-refractivity contribution < 1.29 is 14.2 Å². The first-order chi connectivity index (χ1) is 12.4. The minimum absolute atomic E-state index is 0. The van der Waals surface area contributed by atoms with Gasteiger partial charge in [0.15, 0.2) is 5.96 Å². The maximum absolute atomic E-state index is 5.63. The highest BCUT2D eigenvalue weighted by Gasteiger charge is 1.97. The van der Waals surface area contributed by atoms with Gasteiger partial charge in [-0.15, -0.1) is 24.0 Å². The third-order valence-corrected chi connectivity index (χ3v) is 3.43. The van der Waals surface area contributed by atoms with Gasteiger partial charge in [-0.1, -0.05) is 43.7 Å². The molecule has 0 aromatic heterocycles. The van der Waals surface area contributed by atoms with Crippen molar-refractivity contribution in [2.24, 2.45) is 4.99 Å². The van der Waals surface area contributed by atoms with Gasteiger partial charge in [0, 0.05) is 26.7 Å². The van der Waals surface area contributed by atoms with E-state index < -0.39 is 0 Å². The minimum atomic E-state index is 0. The smallest absolute Gasteiger partial charge is 0.191 e. The molecule has 0 atom stereocenters. The Morgan fingerprint density at radius 1 is 0.885 bits per heavy atom. The molecular formula is C19H34IN3O3. The highest BCUT2D eigenvalue weighted by atomic mass is 127. The second-order valence-electron chi connectivity index (χ2n) is 5.54. The predicted molar refractivity (Wildman–Crippen MR) is 117 cm³/mol. The van der Waals surface area contributed by atoms with Gasteiger partial charge in [-0.3, -0.25) is 4.99 Å². The summed E-state index contributed by atoms with van der Waals surface area (Å²) in [6.07, 6.45) is 2.27. The van der Waals surface area contributed by atoms with E-state index in [1.54, 1.807) is 7.05 Å². The van der Waals surface area contributed by atoms with E-state index in [-0.39, 0.29) is 24.0 Å². The van der Waals surface area contributed by atoms with Crippen molar-refractivity contribution in [3.05, 3.63) is 35.9 Å². The molecule has 0 amide bonds. The third-order valence-electron chi connectivity index (χ3n) is 3.43. The van der Waals surface area contributed by atoms with Crippen molar-refractivity contribution >= 4 is 29.9 Å². The standard InChI is InChI=1S/C19H33N3O3.HI/c1-3-4-12-23-15-16-24-13-10-21-19(20-2)22-11-14-25-17-18-8-6-5-7-9-18;/h5-9H,3-4,10-17H2,1-2H3,(H2,20,21,22);1H. The molecule has 0 spiro atoms. The zero-order chi connectivity index (χ0) is 18.0. The molecule has 0 aliphatic heterocycles. The van der Waals surface area contributed by atoms with E-state index in [9.17, 15) is 0 Å². The van der Waals surface area contributed by atoms with Crippen LogP contribution in [0, 0.1) is 0 Å². The van der Waals surface area contributed by atoms with Crippen LogP contribution in [0.2, 0.25) is 0 Å².